The van der Waals surface area contributed by atoms with Gasteiger partial charge in [0.25, 0.3) is 0 Å². The van der Waals surface area contributed by atoms with Crippen molar-refractivity contribution in [2.45, 2.75) is 56.6 Å². The van der Waals surface area contributed by atoms with E-state index in [0.29, 0.717) is 0 Å². The number of thiol groups is 1. The first kappa shape index (κ1) is 17.4. The smallest absolute Gasteiger partial charge is 0.0469 e. The van der Waals surface area contributed by atoms with Gasteiger partial charge in [-0.1, -0.05) is 49.3 Å². The fourth-order valence-electron chi connectivity index (χ4n) is 2.01. The summed E-state index contributed by atoms with van der Waals surface area (Å²) in [6.45, 7) is 7.93. The van der Waals surface area contributed by atoms with Crippen molar-refractivity contribution in [3.05, 3.63) is 29.8 Å². The molecule has 0 bridgehead atoms. The van der Waals surface area contributed by atoms with Crippen molar-refractivity contribution in [3.8, 4) is 0 Å². The average molecular weight is 298 g/mol. The monoisotopic (exact) mass is 298 g/mol. The van der Waals surface area contributed by atoms with Crippen LogP contribution in [0.15, 0.2) is 29.2 Å². The summed E-state index contributed by atoms with van der Waals surface area (Å²) in [6, 6.07) is 8.27. The molecular formula is C17H30O2S. The van der Waals surface area contributed by atoms with Crippen LogP contribution in [0.3, 0.4) is 0 Å². The van der Waals surface area contributed by atoms with E-state index in [1.165, 1.54) is 12.0 Å². The standard InChI is InChI=1S/C17H30O2S/c1-5-6-12-19-13-8-10-16-9-7-11-17(14-16)20(4,18)15(2)3/h7,9,11,14-15,20H,5-6,8,10,12-13H2,1-4H3. The lowest BCUT2D eigenvalue weighted by Gasteiger charge is -2.23. The van der Waals surface area contributed by atoms with Crippen molar-refractivity contribution in [2.75, 3.05) is 19.5 Å². The normalized spacial score (nSPS) is 12.8. The Labute approximate surface area is 125 Å². The highest BCUT2D eigenvalue weighted by atomic mass is 32.2. The summed E-state index contributed by atoms with van der Waals surface area (Å²) in [6.07, 6.45) is 6.25. The summed E-state index contributed by atoms with van der Waals surface area (Å²) < 4.78 is 18.3. The molecule has 1 aromatic rings. The summed E-state index contributed by atoms with van der Waals surface area (Å²) in [7, 11) is -2.23. The zero-order valence-corrected chi connectivity index (χ0v) is 14.3. The van der Waals surface area contributed by atoms with Gasteiger partial charge in [-0.25, -0.2) is 0 Å². The van der Waals surface area contributed by atoms with Crippen LogP contribution in [0.5, 0.6) is 0 Å². The van der Waals surface area contributed by atoms with Gasteiger partial charge in [0.05, 0.1) is 0 Å². The first-order valence-corrected chi connectivity index (χ1v) is 9.95. The van der Waals surface area contributed by atoms with Crippen LogP contribution in [0.25, 0.3) is 0 Å². The van der Waals surface area contributed by atoms with Crippen LogP contribution in [0.1, 0.15) is 45.6 Å². The molecule has 0 amide bonds. The van der Waals surface area contributed by atoms with Crippen molar-refractivity contribution in [1.29, 1.82) is 0 Å². The Balaban J connectivity index is 2.50. The Morgan fingerprint density at radius 1 is 1.20 bits per heavy atom. The maximum absolute atomic E-state index is 12.7. The van der Waals surface area contributed by atoms with E-state index in [9.17, 15) is 4.21 Å². The predicted molar refractivity (Wildman–Crippen MR) is 89.4 cm³/mol. The molecule has 0 spiro atoms. The van der Waals surface area contributed by atoms with Crippen molar-refractivity contribution < 1.29 is 8.95 Å². The van der Waals surface area contributed by atoms with Gasteiger partial charge >= 0.3 is 0 Å². The first-order chi connectivity index (χ1) is 9.48. The summed E-state index contributed by atoms with van der Waals surface area (Å²) >= 11 is 0. The van der Waals surface area contributed by atoms with E-state index in [-0.39, 0.29) is 5.25 Å². The second-order valence-corrected chi connectivity index (χ2v) is 9.35. The second kappa shape index (κ2) is 8.58. The van der Waals surface area contributed by atoms with E-state index in [0.717, 1.165) is 37.4 Å². The number of aryl methyl sites for hydroxylation is 1. The first-order valence-electron chi connectivity index (χ1n) is 7.73. The largest absolute Gasteiger partial charge is 0.381 e. The van der Waals surface area contributed by atoms with Gasteiger partial charge in [-0.05, 0) is 43.2 Å². The molecule has 0 aliphatic rings. The number of benzene rings is 1. The second-order valence-electron chi connectivity index (χ2n) is 5.82. The van der Waals surface area contributed by atoms with Crippen LogP contribution in [0, 0.1) is 0 Å². The van der Waals surface area contributed by atoms with Crippen LogP contribution in [-0.2, 0) is 21.1 Å². The van der Waals surface area contributed by atoms with Gasteiger partial charge in [-0.3, -0.25) is 4.21 Å². The van der Waals surface area contributed by atoms with E-state index >= 15 is 0 Å². The predicted octanol–water partition coefficient (Wildman–Crippen LogP) is 3.85. The zero-order valence-electron chi connectivity index (χ0n) is 13.4. The number of ether oxygens (including phenoxy) is 1. The number of unbranched alkanes of at least 4 members (excludes halogenated alkanes) is 1. The summed E-state index contributed by atoms with van der Waals surface area (Å²) in [5.41, 5.74) is 1.27. The van der Waals surface area contributed by atoms with Crippen LogP contribution < -0.4 is 0 Å². The van der Waals surface area contributed by atoms with Gasteiger partial charge in [0.2, 0.25) is 0 Å². The van der Waals surface area contributed by atoms with Crippen LogP contribution in [-0.4, -0.2) is 28.9 Å². The third kappa shape index (κ3) is 5.37. The molecule has 0 unspecified atom stereocenters. The van der Waals surface area contributed by atoms with Crippen molar-refractivity contribution in [3.63, 3.8) is 0 Å². The van der Waals surface area contributed by atoms with Crippen LogP contribution >= 0.6 is 0 Å². The van der Waals surface area contributed by atoms with Gasteiger partial charge in [0, 0.05) is 23.4 Å². The SMILES string of the molecule is CCCCOCCCc1cccc([SH](C)(=O)C(C)C)c1. The lowest BCUT2D eigenvalue weighted by atomic mass is 10.1. The summed E-state index contributed by atoms with van der Waals surface area (Å²) in [5.74, 6) is 0. The Kier molecular flexibility index (Phi) is 7.46. The van der Waals surface area contributed by atoms with Crippen molar-refractivity contribution >= 4 is 9.93 Å². The lowest BCUT2D eigenvalue weighted by Crippen LogP contribution is -2.21. The highest BCUT2D eigenvalue weighted by Gasteiger charge is 2.16. The van der Waals surface area contributed by atoms with Crippen LogP contribution in [0.4, 0.5) is 0 Å². The van der Waals surface area contributed by atoms with Crippen molar-refractivity contribution in [2.24, 2.45) is 0 Å². The van der Waals surface area contributed by atoms with Crippen LogP contribution in [0.2, 0.25) is 0 Å². The third-order valence-corrected chi connectivity index (χ3v) is 7.08. The molecular weight excluding hydrogens is 268 g/mol. The number of rotatable bonds is 9. The maximum atomic E-state index is 12.7. The summed E-state index contributed by atoms with van der Waals surface area (Å²) in [4.78, 5) is 1.01. The third-order valence-electron chi connectivity index (χ3n) is 3.81. The van der Waals surface area contributed by atoms with Gasteiger partial charge in [0.15, 0.2) is 0 Å². The molecule has 0 saturated heterocycles. The van der Waals surface area contributed by atoms with E-state index in [1.54, 1.807) is 0 Å². The Morgan fingerprint density at radius 2 is 1.90 bits per heavy atom. The fraction of sp³-hybridized carbons (Fsp3) is 0.647. The highest BCUT2D eigenvalue weighted by Crippen LogP contribution is 2.22. The van der Waals surface area contributed by atoms with E-state index < -0.39 is 9.93 Å². The highest BCUT2D eigenvalue weighted by molar-refractivity contribution is 8.03. The van der Waals surface area contributed by atoms with E-state index in [1.807, 2.05) is 32.2 Å². The molecule has 3 heteroatoms. The van der Waals surface area contributed by atoms with Crippen molar-refractivity contribution in [1.82, 2.24) is 0 Å². The molecule has 0 heterocycles. The Bertz CT molecular complexity index is 440. The molecule has 0 fully saturated rings. The molecule has 0 aliphatic carbocycles. The number of hydrogen-bond acceptors (Lipinski definition) is 2. The molecule has 20 heavy (non-hydrogen) atoms. The minimum absolute atomic E-state index is 0.204. The number of hydrogen-bond donors (Lipinski definition) is 1. The lowest BCUT2D eigenvalue weighted by molar-refractivity contribution is 0.129. The molecule has 0 N–H and O–H groups in total. The average Bonchev–Trinajstić information content (AvgIpc) is 2.43. The Hall–Kier alpha value is -0.670. The van der Waals surface area contributed by atoms with Gasteiger partial charge in [0.1, 0.15) is 0 Å². The topological polar surface area (TPSA) is 26.3 Å². The molecule has 0 saturated carbocycles. The molecule has 0 aliphatic heterocycles. The molecule has 0 radical (unpaired) electrons. The minimum atomic E-state index is -2.23. The molecule has 116 valence electrons. The molecule has 0 aromatic heterocycles. The summed E-state index contributed by atoms with van der Waals surface area (Å²) in [5, 5.41) is 0.204. The Morgan fingerprint density at radius 3 is 2.55 bits per heavy atom. The maximum Gasteiger partial charge on any atom is 0.0469 e. The molecule has 1 rings (SSSR count). The minimum Gasteiger partial charge on any atom is -0.381 e. The van der Waals surface area contributed by atoms with E-state index in [4.69, 9.17) is 4.74 Å². The van der Waals surface area contributed by atoms with E-state index in [2.05, 4.69) is 19.1 Å². The fourth-order valence-corrected chi connectivity index (χ4v) is 3.41. The quantitative estimate of drug-likeness (QED) is 0.553. The molecule has 2 nitrogen and oxygen atoms in total. The van der Waals surface area contributed by atoms with Gasteiger partial charge in [-0.2, -0.15) is 0 Å². The van der Waals surface area contributed by atoms with Gasteiger partial charge in [-0.15, -0.1) is 0 Å². The van der Waals surface area contributed by atoms with Gasteiger partial charge < -0.3 is 4.74 Å². The molecule has 1 aromatic carbocycles. The zero-order chi connectivity index (χ0) is 15.0. The molecule has 0 atom stereocenters.